The molecule has 3 aromatic carbocycles. The summed E-state index contributed by atoms with van der Waals surface area (Å²) in [5.74, 6) is 1.78. The molecule has 134 valence electrons. The molecule has 4 heteroatoms. The number of nitrogens with one attached hydrogen (secondary N) is 1. The third kappa shape index (κ3) is 3.42. The van der Waals surface area contributed by atoms with Crippen molar-refractivity contribution in [3.63, 3.8) is 0 Å². The van der Waals surface area contributed by atoms with Gasteiger partial charge in [0.1, 0.15) is 17.3 Å². The van der Waals surface area contributed by atoms with E-state index >= 15 is 0 Å². The van der Waals surface area contributed by atoms with E-state index in [1.807, 2.05) is 72.8 Å². The van der Waals surface area contributed by atoms with E-state index in [2.05, 4.69) is 10.3 Å². The summed E-state index contributed by atoms with van der Waals surface area (Å²) in [7, 11) is 1.65. The maximum atomic E-state index is 10.7. The molecule has 4 nitrogen and oxygen atoms in total. The highest BCUT2D eigenvalue weighted by atomic mass is 16.5. The first-order chi connectivity index (χ1) is 13.3. The van der Waals surface area contributed by atoms with Crippen LogP contribution in [0.3, 0.4) is 0 Å². The fraction of sp³-hybridized carbons (Fsp3) is 0.0870. The van der Waals surface area contributed by atoms with Gasteiger partial charge in [-0.2, -0.15) is 0 Å². The van der Waals surface area contributed by atoms with E-state index in [0.717, 1.165) is 33.5 Å². The van der Waals surface area contributed by atoms with Gasteiger partial charge >= 0.3 is 0 Å². The number of hydrogen-bond donors (Lipinski definition) is 2. The highest BCUT2D eigenvalue weighted by Gasteiger charge is 2.21. The van der Waals surface area contributed by atoms with Crippen LogP contribution in [0.5, 0.6) is 11.5 Å². The number of pyridine rings is 1. The fourth-order valence-corrected chi connectivity index (χ4v) is 3.30. The minimum atomic E-state index is -0.267. The Morgan fingerprint density at radius 2 is 1.67 bits per heavy atom. The van der Waals surface area contributed by atoms with Crippen molar-refractivity contribution in [3.8, 4) is 11.5 Å². The van der Waals surface area contributed by atoms with Gasteiger partial charge in [0.05, 0.1) is 13.2 Å². The zero-order valence-electron chi connectivity index (χ0n) is 15.0. The molecule has 0 spiro atoms. The molecule has 0 radical (unpaired) electrons. The van der Waals surface area contributed by atoms with Gasteiger partial charge in [0.15, 0.2) is 0 Å². The van der Waals surface area contributed by atoms with Gasteiger partial charge in [-0.15, -0.1) is 0 Å². The van der Waals surface area contributed by atoms with Crippen LogP contribution in [0.25, 0.3) is 10.8 Å². The summed E-state index contributed by atoms with van der Waals surface area (Å²) in [4.78, 5) is 4.40. The van der Waals surface area contributed by atoms with Gasteiger partial charge in [-0.1, -0.05) is 48.5 Å². The molecular weight excluding hydrogens is 336 g/mol. The second-order valence-electron chi connectivity index (χ2n) is 6.28. The first kappa shape index (κ1) is 16.9. The van der Waals surface area contributed by atoms with Gasteiger partial charge in [-0.05, 0) is 46.7 Å². The first-order valence-corrected chi connectivity index (χ1v) is 8.78. The molecule has 1 unspecified atom stereocenters. The lowest BCUT2D eigenvalue weighted by molar-refractivity contribution is 0.414. The Morgan fingerprint density at radius 3 is 2.41 bits per heavy atom. The smallest absolute Gasteiger partial charge is 0.126 e. The number of rotatable bonds is 5. The molecule has 27 heavy (non-hydrogen) atoms. The van der Waals surface area contributed by atoms with Crippen LogP contribution in [0, 0.1) is 0 Å². The molecule has 4 aromatic rings. The van der Waals surface area contributed by atoms with Crippen LogP contribution in [0.1, 0.15) is 17.2 Å². The lowest BCUT2D eigenvalue weighted by Gasteiger charge is -2.23. The van der Waals surface area contributed by atoms with Crippen LogP contribution in [-0.4, -0.2) is 17.2 Å². The molecule has 0 aliphatic rings. The average molecular weight is 356 g/mol. The number of methoxy groups -OCH3 is 1. The predicted octanol–water partition coefficient (Wildman–Crippen LogP) is 5.15. The zero-order chi connectivity index (χ0) is 18.6. The van der Waals surface area contributed by atoms with Crippen molar-refractivity contribution in [2.75, 3.05) is 12.4 Å². The fourth-order valence-electron chi connectivity index (χ4n) is 3.30. The number of anilines is 1. The zero-order valence-corrected chi connectivity index (χ0v) is 15.0. The number of phenols is 1. The van der Waals surface area contributed by atoms with Gasteiger partial charge in [-0.3, -0.25) is 0 Å². The summed E-state index contributed by atoms with van der Waals surface area (Å²) in [5.41, 5.74) is 1.83. The topological polar surface area (TPSA) is 54.4 Å². The summed E-state index contributed by atoms with van der Waals surface area (Å²) < 4.78 is 5.28. The SMILES string of the molecule is COc1ccc(C(Nc2ccccn2)c2c(O)ccc3ccccc23)cc1. The highest BCUT2D eigenvalue weighted by molar-refractivity contribution is 5.89. The molecule has 0 saturated carbocycles. The number of benzene rings is 3. The van der Waals surface area contributed by atoms with Crippen molar-refractivity contribution in [1.29, 1.82) is 0 Å². The second-order valence-corrected chi connectivity index (χ2v) is 6.28. The summed E-state index contributed by atoms with van der Waals surface area (Å²) in [6.07, 6.45) is 1.75. The molecule has 0 amide bonds. The van der Waals surface area contributed by atoms with Crippen molar-refractivity contribution < 1.29 is 9.84 Å². The molecule has 1 aromatic heterocycles. The lowest BCUT2D eigenvalue weighted by Crippen LogP contribution is -2.14. The summed E-state index contributed by atoms with van der Waals surface area (Å²) in [6.45, 7) is 0. The molecule has 0 aliphatic heterocycles. The maximum Gasteiger partial charge on any atom is 0.126 e. The van der Waals surface area contributed by atoms with E-state index in [9.17, 15) is 5.11 Å². The average Bonchev–Trinajstić information content (AvgIpc) is 2.73. The van der Waals surface area contributed by atoms with Gasteiger partial charge in [-0.25, -0.2) is 4.98 Å². The van der Waals surface area contributed by atoms with Crippen LogP contribution in [0.2, 0.25) is 0 Å². The Bertz CT molecular complexity index is 1050. The first-order valence-electron chi connectivity index (χ1n) is 8.78. The van der Waals surface area contributed by atoms with Crippen LogP contribution in [-0.2, 0) is 0 Å². The molecular formula is C23H20N2O2. The minimum absolute atomic E-state index is 0.248. The molecule has 4 rings (SSSR count). The number of nitrogens with zero attached hydrogens (tertiary/aromatic N) is 1. The molecule has 0 fully saturated rings. The molecule has 0 aliphatic carbocycles. The van der Waals surface area contributed by atoms with Crippen LogP contribution in [0.15, 0.2) is 85.1 Å². The van der Waals surface area contributed by atoms with E-state index in [1.54, 1.807) is 19.4 Å². The predicted molar refractivity (Wildman–Crippen MR) is 108 cm³/mol. The molecule has 0 saturated heterocycles. The third-order valence-electron chi connectivity index (χ3n) is 4.64. The van der Waals surface area contributed by atoms with Gasteiger partial charge in [0.25, 0.3) is 0 Å². The Kier molecular flexibility index (Phi) is 4.62. The normalized spacial score (nSPS) is 11.9. The van der Waals surface area contributed by atoms with Crippen LogP contribution < -0.4 is 10.1 Å². The number of hydrogen-bond acceptors (Lipinski definition) is 4. The molecule has 1 atom stereocenters. The summed E-state index contributed by atoms with van der Waals surface area (Å²) in [5, 5.41) is 16.3. The number of aromatic nitrogens is 1. The number of ether oxygens (including phenoxy) is 1. The number of phenolic OH excluding ortho intramolecular Hbond substituents is 1. The van der Waals surface area contributed by atoms with E-state index < -0.39 is 0 Å². The van der Waals surface area contributed by atoms with Crippen molar-refractivity contribution in [3.05, 3.63) is 96.2 Å². The lowest BCUT2D eigenvalue weighted by atomic mass is 9.92. The van der Waals surface area contributed by atoms with Crippen molar-refractivity contribution in [2.24, 2.45) is 0 Å². The molecule has 1 heterocycles. The van der Waals surface area contributed by atoms with E-state index in [1.165, 1.54) is 0 Å². The van der Waals surface area contributed by atoms with Gasteiger partial charge < -0.3 is 15.2 Å². The van der Waals surface area contributed by atoms with E-state index in [-0.39, 0.29) is 11.8 Å². The van der Waals surface area contributed by atoms with Crippen molar-refractivity contribution in [2.45, 2.75) is 6.04 Å². The second kappa shape index (κ2) is 7.38. The van der Waals surface area contributed by atoms with Crippen molar-refractivity contribution >= 4 is 16.6 Å². The van der Waals surface area contributed by atoms with Crippen molar-refractivity contribution in [1.82, 2.24) is 4.98 Å². The quantitative estimate of drug-likeness (QED) is 0.519. The Labute approximate surface area is 158 Å². The summed E-state index contributed by atoms with van der Waals surface area (Å²) >= 11 is 0. The van der Waals surface area contributed by atoms with E-state index in [0.29, 0.717) is 0 Å². The third-order valence-corrected chi connectivity index (χ3v) is 4.64. The molecule has 2 N–H and O–H groups in total. The van der Waals surface area contributed by atoms with Crippen LogP contribution >= 0.6 is 0 Å². The standard InChI is InChI=1S/C23H20N2O2/c1-27-18-12-9-17(10-13-18)23(25-21-8-4-5-15-24-21)22-19-7-3-2-6-16(19)11-14-20(22)26/h2-15,23,26H,1H3,(H,24,25). The number of aromatic hydroxyl groups is 1. The Balaban J connectivity index is 1.88. The highest BCUT2D eigenvalue weighted by Crippen LogP contribution is 2.37. The molecule has 0 bridgehead atoms. The van der Waals surface area contributed by atoms with Gasteiger partial charge in [0.2, 0.25) is 0 Å². The Morgan fingerprint density at radius 1 is 0.889 bits per heavy atom. The monoisotopic (exact) mass is 356 g/mol. The largest absolute Gasteiger partial charge is 0.508 e. The Hall–Kier alpha value is -3.53. The van der Waals surface area contributed by atoms with Gasteiger partial charge in [0, 0.05) is 11.8 Å². The van der Waals surface area contributed by atoms with E-state index in [4.69, 9.17) is 4.74 Å². The van der Waals surface area contributed by atoms with Crippen LogP contribution in [0.4, 0.5) is 5.82 Å². The summed E-state index contributed by atoms with van der Waals surface area (Å²) in [6, 6.07) is 25.0. The maximum absolute atomic E-state index is 10.7. The minimum Gasteiger partial charge on any atom is -0.508 e. The number of fused-ring (bicyclic) bond motifs is 1.